The van der Waals surface area contributed by atoms with Gasteiger partial charge in [-0.15, -0.1) is 0 Å². The monoisotopic (exact) mass is 404 g/mol. The molecular formula is C15H17ClN2O5S2. The fraction of sp³-hybridized carbons (Fsp3) is 0.267. The summed E-state index contributed by atoms with van der Waals surface area (Å²) in [4.78, 5) is 3.95. The standard InChI is InChI=1S/C15H17ClN2O5S2/c1-11-15(18(24(2,19)20)25(3,21)22)13(9-14(16)17-11)23-10-12-7-5-4-6-8-12/h4-9H,10H2,1-3H3. The van der Waals surface area contributed by atoms with Crippen LogP contribution in [-0.2, 0) is 26.7 Å². The smallest absolute Gasteiger partial charge is 0.245 e. The van der Waals surface area contributed by atoms with Gasteiger partial charge < -0.3 is 4.74 Å². The predicted octanol–water partition coefficient (Wildman–Crippen LogP) is 2.35. The van der Waals surface area contributed by atoms with Crippen molar-refractivity contribution in [1.82, 2.24) is 4.98 Å². The van der Waals surface area contributed by atoms with Crippen LogP contribution in [0.4, 0.5) is 5.69 Å². The van der Waals surface area contributed by atoms with Crippen molar-refractivity contribution >= 4 is 37.3 Å². The van der Waals surface area contributed by atoms with E-state index in [9.17, 15) is 16.8 Å². The van der Waals surface area contributed by atoms with E-state index in [1.54, 1.807) is 0 Å². The molecule has 1 aromatic carbocycles. The third-order valence-corrected chi connectivity index (χ3v) is 6.51. The lowest BCUT2D eigenvalue weighted by atomic mass is 10.2. The highest BCUT2D eigenvalue weighted by atomic mass is 35.5. The number of aryl methyl sites for hydroxylation is 1. The Hall–Kier alpha value is -1.84. The molecule has 1 aromatic heterocycles. The van der Waals surface area contributed by atoms with Crippen LogP contribution in [-0.4, -0.2) is 34.3 Å². The summed E-state index contributed by atoms with van der Waals surface area (Å²) in [6.45, 7) is 1.56. The molecule has 0 fully saturated rings. The van der Waals surface area contributed by atoms with E-state index in [4.69, 9.17) is 16.3 Å². The van der Waals surface area contributed by atoms with E-state index in [2.05, 4.69) is 4.98 Å². The number of anilines is 1. The Bertz CT molecular complexity index is 944. The van der Waals surface area contributed by atoms with Gasteiger partial charge in [0.1, 0.15) is 23.2 Å². The molecule has 1 heterocycles. The first-order chi connectivity index (χ1) is 11.5. The SMILES string of the molecule is Cc1nc(Cl)cc(OCc2ccccc2)c1N(S(C)(=O)=O)S(C)(=O)=O. The predicted molar refractivity (Wildman–Crippen MR) is 96.9 cm³/mol. The topological polar surface area (TPSA) is 93.6 Å². The van der Waals surface area contributed by atoms with Gasteiger partial charge in [-0.05, 0) is 12.5 Å². The van der Waals surface area contributed by atoms with Gasteiger partial charge in [0.2, 0.25) is 20.0 Å². The normalized spacial score (nSPS) is 12.0. The lowest BCUT2D eigenvalue weighted by Crippen LogP contribution is -2.36. The van der Waals surface area contributed by atoms with E-state index in [0.29, 0.717) is 3.71 Å². The van der Waals surface area contributed by atoms with Crippen LogP contribution < -0.4 is 8.45 Å². The van der Waals surface area contributed by atoms with Crippen LogP contribution in [0.15, 0.2) is 36.4 Å². The average molecular weight is 405 g/mol. The second kappa shape index (κ2) is 7.19. The zero-order valence-corrected chi connectivity index (χ0v) is 16.2. The largest absolute Gasteiger partial charge is 0.486 e. The molecule has 2 rings (SSSR count). The third kappa shape index (κ3) is 4.83. The highest BCUT2D eigenvalue weighted by molar-refractivity contribution is 8.09. The molecule has 2 aromatic rings. The maximum absolute atomic E-state index is 12.1. The maximum atomic E-state index is 12.1. The van der Waals surface area contributed by atoms with E-state index in [1.165, 1.54) is 13.0 Å². The van der Waals surface area contributed by atoms with E-state index >= 15 is 0 Å². The second-order valence-electron chi connectivity index (χ2n) is 5.37. The summed E-state index contributed by atoms with van der Waals surface area (Å²) in [6, 6.07) is 10.4. The molecule has 0 aliphatic carbocycles. The quantitative estimate of drug-likeness (QED) is 0.686. The van der Waals surface area contributed by atoms with Crippen molar-refractivity contribution in [2.24, 2.45) is 0 Å². The molecule has 0 radical (unpaired) electrons. The van der Waals surface area contributed by atoms with Gasteiger partial charge in [-0.25, -0.2) is 21.8 Å². The lowest BCUT2D eigenvalue weighted by Gasteiger charge is -2.24. The van der Waals surface area contributed by atoms with Gasteiger partial charge >= 0.3 is 0 Å². The number of ether oxygens (including phenoxy) is 1. The average Bonchev–Trinajstić information content (AvgIpc) is 2.46. The van der Waals surface area contributed by atoms with Crippen LogP contribution in [0.5, 0.6) is 5.75 Å². The van der Waals surface area contributed by atoms with Crippen molar-refractivity contribution in [1.29, 1.82) is 0 Å². The van der Waals surface area contributed by atoms with Gasteiger partial charge in [0.25, 0.3) is 0 Å². The lowest BCUT2D eigenvalue weighted by molar-refractivity contribution is 0.307. The number of halogens is 1. The van der Waals surface area contributed by atoms with E-state index in [0.717, 1.165) is 18.1 Å². The number of sulfonamides is 2. The first kappa shape index (κ1) is 19.5. The highest BCUT2D eigenvalue weighted by Crippen LogP contribution is 2.36. The molecule has 0 bridgehead atoms. The van der Waals surface area contributed by atoms with Crippen LogP contribution in [0.2, 0.25) is 5.15 Å². The number of aromatic nitrogens is 1. The number of benzene rings is 1. The molecule has 0 unspecified atom stereocenters. The van der Waals surface area contributed by atoms with E-state index < -0.39 is 20.0 Å². The molecule has 0 N–H and O–H groups in total. The number of hydrogen-bond donors (Lipinski definition) is 0. The van der Waals surface area contributed by atoms with Crippen LogP contribution in [0.25, 0.3) is 0 Å². The summed E-state index contributed by atoms with van der Waals surface area (Å²) in [7, 11) is -8.27. The van der Waals surface area contributed by atoms with Gasteiger partial charge in [-0.2, -0.15) is 3.71 Å². The van der Waals surface area contributed by atoms with Crippen LogP contribution >= 0.6 is 11.6 Å². The molecular weight excluding hydrogens is 388 g/mol. The van der Waals surface area contributed by atoms with Crippen molar-refractivity contribution < 1.29 is 21.6 Å². The molecule has 0 aliphatic rings. The Morgan fingerprint density at radius 2 is 1.64 bits per heavy atom. The van der Waals surface area contributed by atoms with Crippen molar-refractivity contribution in [2.45, 2.75) is 13.5 Å². The first-order valence-electron chi connectivity index (χ1n) is 7.04. The van der Waals surface area contributed by atoms with Gasteiger partial charge in [-0.1, -0.05) is 41.9 Å². The molecule has 0 aliphatic heterocycles. The molecule has 25 heavy (non-hydrogen) atoms. The Morgan fingerprint density at radius 1 is 1.08 bits per heavy atom. The molecule has 0 amide bonds. The zero-order chi connectivity index (χ0) is 18.8. The molecule has 7 nitrogen and oxygen atoms in total. The van der Waals surface area contributed by atoms with Crippen molar-refractivity contribution in [3.05, 3.63) is 52.8 Å². The summed E-state index contributed by atoms with van der Waals surface area (Å²) in [5.41, 5.74) is 0.765. The van der Waals surface area contributed by atoms with E-state index in [-0.39, 0.29) is 28.9 Å². The molecule has 136 valence electrons. The maximum Gasteiger partial charge on any atom is 0.245 e. The van der Waals surface area contributed by atoms with Gasteiger partial charge in [0.15, 0.2) is 0 Å². The van der Waals surface area contributed by atoms with Crippen LogP contribution in [0.1, 0.15) is 11.3 Å². The number of rotatable bonds is 6. The van der Waals surface area contributed by atoms with Crippen molar-refractivity contribution in [2.75, 3.05) is 16.2 Å². The molecule has 0 saturated heterocycles. The number of hydrogen-bond acceptors (Lipinski definition) is 6. The van der Waals surface area contributed by atoms with Crippen LogP contribution in [0, 0.1) is 6.92 Å². The fourth-order valence-corrected chi connectivity index (χ4v) is 5.55. The van der Waals surface area contributed by atoms with Crippen LogP contribution in [0.3, 0.4) is 0 Å². The Labute approximate surface area is 152 Å². The highest BCUT2D eigenvalue weighted by Gasteiger charge is 2.32. The minimum absolute atomic E-state index is 0.0113. The van der Waals surface area contributed by atoms with Crippen molar-refractivity contribution in [3.63, 3.8) is 0 Å². The van der Waals surface area contributed by atoms with Gasteiger partial charge in [-0.3, -0.25) is 0 Å². The molecule has 0 saturated carbocycles. The zero-order valence-electron chi connectivity index (χ0n) is 13.8. The summed E-state index contributed by atoms with van der Waals surface area (Å²) < 4.78 is 54.3. The minimum Gasteiger partial charge on any atom is -0.486 e. The van der Waals surface area contributed by atoms with Gasteiger partial charge in [0.05, 0.1) is 18.2 Å². The van der Waals surface area contributed by atoms with E-state index in [1.807, 2.05) is 30.3 Å². The number of pyridine rings is 1. The fourth-order valence-electron chi connectivity index (χ4n) is 2.25. The third-order valence-electron chi connectivity index (χ3n) is 3.12. The summed E-state index contributed by atoms with van der Waals surface area (Å²) >= 11 is 5.93. The second-order valence-corrected chi connectivity index (χ2v) is 9.66. The Kier molecular flexibility index (Phi) is 5.60. The molecule has 0 atom stereocenters. The molecule has 0 spiro atoms. The summed E-state index contributed by atoms with van der Waals surface area (Å²) in [5.74, 6) is 0.0113. The first-order valence-corrected chi connectivity index (χ1v) is 11.1. The number of nitrogens with zero attached hydrogens (tertiary/aromatic N) is 2. The summed E-state index contributed by atoms with van der Waals surface area (Å²) in [5, 5.41) is 0.0614. The molecule has 10 heteroatoms. The minimum atomic E-state index is -4.13. The summed E-state index contributed by atoms with van der Waals surface area (Å²) in [6.07, 6.45) is 1.59. The van der Waals surface area contributed by atoms with Crippen molar-refractivity contribution in [3.8, 4) is 5.75 Å². The van der Waals surface area contributed by atoms with Gasteiger partial charge in [0, 0.05) is 6.07 Å². The Morgan fingerprint density at radius 3 is 2.16 bits per heavy atom. The Balaban J connectivity index is 2.57.